The van der Waals surface area contributed by atoms with Gasteiger partial charge >= 0.3 is 0 Å². The SMILES string of the molecule is C=C(C)COc1cc(C)c2c(c1)O/C(=C\c1cccc(Br)c1)C2=O. The Bertz CT molecular complexity index is 865. The highest BCUT2D eigenvalue weighted by atomic mass is 79.9. The minimum absolute atomic E-state index is 0.103. The van der Waals surface area contributed by atoms with Gasteiger partial charge in [-0.05, 0) is 54.8 Å². The number of benzene rings is 2. The van der Waals surface area contributed by atoms with E-state index in [1.165, 1.54) is 0 Å². The number of aryl methyl sites for hydroxylation is 1. The third-order valence-electron chi connectivity index (χ3n) is 3.58. The van der Waals surface area contributed by atoms with Crippen LogP contribution in [-0.4, -0.2) is 12.4 Å². The number of rotatable bonds is 4. The number of Topliss-reactive ketones (excluding diaryl/α,β-unsaturated/α-hetero) is 1. The Labute approximate surface area is 149 Å². The van der Waals surface area contributed by atoms with E-state index in [1.54, 1.807) is 12.1 Å². The van der Waals surface area contributed by atoms with Gasteiger partial charge in [-0.2, -0.15) is 0 Å². The van der Waals surface area contributed by atoms with Gasteiger partial charge < -0.3 is 9.47 Å². The Kier molecular flexibility index (Phi) is 4.58. The molecule has 0 radical (unpaired) electrons. The molecule has 122 valence electrons. The van der Waals surface area contributed by atoms with Gasteiger partial charge in [-0.3, -0.25) is 4.79 Å². The van der Waals surface area contributed by atoms with Crippen molar-refractivity contribution in [2.45, 2.75) is 13.8 Å². The molecule has 0 atom stereocenters. The molecule has 0 bridgehead atoms. The van der Waals surface area contributed by atoms with Gasteiger partial charge in [0.2, 0.25) is 5.78 Å². The number of allylic oxidation sites excluding steroid dienone is 1. The molecule has 2 aromatic carbocycles. The monoisotopic (exact) mass is 384 g/mol. The van der Waals surface area contributed by atoms with Crippen LogP contribution in [0.3, 0.4) is 0 Å². The van der Waals surface area contributed by atoms with Crippen LogP contribution in [-0.2, 0) is 0 Å². The molecule has 3 rings (SSSR count). The van der Waals surface area contributed by atoms with Crippen molar-refractivity contribution in [3.63, 3.8) is 0 Å². The van der Waals surface area contributed by atoms with E-state index in [4.69, 9.17) is 9.47 Å². The molecule has 0 spiro atoms. The lowest BCUT2D eigenvalue weighted by atomic mass is 10.0. The van der Waals surface area contributed by atoms with E-state index in [9.17, 15) is 4.79 Å². The van der Waals surface area contributed by atoms with Gasteiger partial charge in [-0.25, -0.2) is 0 Å². The number of carbonyl (C=O) groups is 1. The second-order valence-electron chi connectivity index (χ2n) is 5.85. The van der Waals surface area contributed by atoms with Gasteiger partial charge in [0, 0.05) is 10.5 Å². The van der Waals surface area contributed by atoms with Gasteiger partial charge in [0.05, 0.1) is 5.56 Å². The zero-order valence-corrected chi connectivity index (χ0v) is 15.1. The number of fused-ring (bicyclic) bond motifs is 1. The zero-order valence-electron chi connectivity index (χ0n) is 13.6. The molecule has 2 aromatic rings. The number of ketones is 1. The third-order valence-corrected chi connectivity index (χ3v) is 4.07. The Hall–Kier alpha value is -2.33. The maximum absolute atomic E-state index is 12.6. The first kappa shape index (κ1) is 16.5. The predicted molar refractivity (Wildman–Crippen MR) is 98.6 cm³/mol. The molecule has 0 saturated carbocycles. The van der Waals surface area contributed by atoms with Crippen LogP contribution in [0, 0.1) is 6.92 Å². The summed E-state index contributed by atoms with van der Waals surface area (Å²) in [6, 6.07) is 11.3. The van der Waals surface area contributed by atoms with Crippen molar-refractivity contribution in [1.82, 2.24) is 0 Å². The molecule has 0 unspecified atom stereocenters. The quantitative estimate of drug-likeness (QED) is 0.527. The molecule has 1 heterocycles. The molecule has 0 N–H and O–H groups in total. The second-order valence-corrected chi connectivity index (χ2v) is 6.77. The molecule has 1 aliphatic rings. The fourth-order valence-electron chi connectivity index (χ4n) is 2.52. The summed E-state index contributed by atoms with van der Waals surface area (Å²) < 4.78 is 12.4. The first-order valence-electron chi connectivity index (χ1n) is 7.55. The fraction of sp³-hybridized carbons (Fsp3) is 0.150. The fourth-order valence-corrected chi connectivity index (χ4v) is 2.93. The van der Waals surface area contributed by atoms with Crippen LogP contribution in [0.5, 0.6) is 11.5 Å². The summed E-state index contributed by atoms with van der Waals surface area (Å²) in [5.74, 6) is 1.43. The van der Waals surface area contributed by atoms with Crippen LogP contribution in [0.1, 0.15) is 28.4 Å². The van der Waals surface area contributed by atoms with Crippen LogP contribution in [0.4, 0.5) is 0 Å². The predicted octanol–water partition coefficient (Wildman–Crippen LogP) is 5.33. The maximum atomic E-state index is 12.6. The Balaban J connectivity index is 1.92. The van der Waals surface area contributed by atoms with Crippen molar-refractivity contribution >= 4 is 27.8 Å². The minimum atomic E-state index is -0.103. The summed E-state index contributed by atoms with van der Waals surface area (Å²) in [4.78, 5) is 12.6. The van der Waals surface area contributed by atoms with E-state index in [-0.39, 0.29) is 5.78 Å². The van der Waals surface area contributed by atoms with Gasteiger partial charge in [0.1, 0.15) is 18.1 Å². The van der Waals surface area contributed by atoms with Crippen molar-refractivity contribution in [3.05, 3.63) is 75.5 Å². The number of ether oxygens (including phenoxy) is 2. The van der Waals surface area contributed by atoms with Crippen molar-refractivity contribution in [3.8, 4) is 11.5 Å². The van der Waals surface area contributed by atoms with Gasteiger partial charge in [-0.1, -0.05) is 34.6 Å². The summed E-state index contributed by atoms with van der Waals surface area (Å²) in [6.45, 7) is 8.04. The average molecular weight is 385 g/mol. The largest absolute Gasteiger partial charge is 0.489 e. The van der Waals surface area contributed by atoms with Crippen LogP contribution in [0.25, 0.3) is 6.08 Å². The molecule has 0 aliphatic carbocycles. The highest BCUT2D eigenvalue weighted by Crippen LogP contribution is 2.37. The van der Waals surface area contributed by atoms with Crippen LogP contribution < -0.4 is 9.47 Å². The highest BCUT2D eigenvalue weighted by molar-refractivity contribution is 9.10. The maximum Gasteiger partial charge on any atom is 0.232 e. The molecule has 3 nitrogen and oxygen atoms in total. The lowest BCUT2D eigenvalue weighted by Gasteiger charge is -2.08. The van der Waals surface area contributed by atoms with E-state index in [0.717, 1.165) is 21.2 Å². The van der Waals surface area contributed by atoms with Crippen molar-refractivity contribution in [2.75, 3.05) is 6.61 Å². The van der Waals surface area contributed by atoms with Crippen molar-refractivity contribution < 1.29 is 14.3 Å². The number of halogens is 1. The average Bonchev–Trinajstić information content (AvgIpc) is 2.82. The van der Waals surface area contributed by atoms with E-state index in [2.05, 4.69) is 22.5 Å². The summed E-state index contributed by atoms with van der Waals surface area (Å²) >= 11 is 3.43. The standard InChI is InChI=1S/C20H17BrO3/c1-12(2)11-23-16-7-13(3)19-17(10-16)24-18(20(19)22)9-14-5-4-6-15(21)8-14/h4-10H,1,11H2,2-3H3/b18-9-. The van der Waals surface area contributed by atoms with Crippen LogP contribution >= 0.6 is 15.9 Å². The summed E-state index contributed by atoms with van der Waals surface area (Å²) in [7, 11) is 0. The summed E-state index contributed by atoms with van der Waals surface area (Å²) in [6.07, 6.45) is 1.75. The zero-order chi connectivity index (χ0) is 17.3. The van der Waals surface area contributed by atoms with Gasteiger partial charge in [0.15, 0.2) is 5.76 Å². The molecule has 0 aromatic heterocycles. The van der Waals surface area contributed by atoms with E-state index >= 15 is 0 Å². The van der Waals surface area contributed by atoms with Gasteiger partial charge in [-0.15, -0.1) is 0 Å². The first-order valence-corrected chi connectivity index (χ1v) is 8.35. The Morgan fingerprint density at radius 1 is 1.33 bits per heavy atom. The van der Waals surface area contributed by atoms with Crippen molar-refractivity contribution in [2.24, 2.45) is 0 Å². The Morgan fingerprint density at radius 3 is 2.83 bits per heavy atom. The number of carbonyl (C=O) groups excluding carboxylic acids is 1. The smallest absolute Gasteiger partial charge is 0.232 e. The summed E-state index contributed by atoms with van der Waals surface area (Å²) in [5.41, 5.74) is 3.27. The van der Waals surface area contributed by atoms with E-state index in [1.807, 2.05) is 44.2 Å². The molecule has 0 fully saturated rings. The van der Waals surface area contributed by atoms with E-state index in [0.29, 0.717) is 29.4 Å². The Morgan fingerprint density at radius 2 is 2.12 bits per heavy atom. The first-order chi connectivity index (χ1) is 11.4. The number of hydrogen-bond donors (Lipinski definition) is 0. The second kappa shape index (κ2) is 6.65. The topological polar surface area (TPSA) is 35.5 Å². The summed E-state index contributed by atoms with van der Waals surface area (Å²) in [5, 5.41) is 0. The van der Waals surface area contributed by atoms with E-state index < -0.39 is 0 Å². The minimum Gasteiger partial charge on any atom is -0.489 e. The van der Waals surface area contributed by atoms with Gasteiger partial charge in [0.25, 0.3) is 0 Å². The molecular formula is C20H17BrO3. The normalized spacial score (nSPS) is 14.5. The molecule has 0 amide bonds. The third kappa shape index (κ3) is 3.44. The lowest BCUT2D eigenvalue weighted by molar-refractivity contribution is 0.101. The molecule has 0 saturated heterocycles. The van der Waals surface area contributed by atoms with Crippen molar-refractivity contribution in [1.29, 1.82) is 0 Å². The molecule has 24 heavy (non-hydrogen) atoms. The molecule has 4 heteroatoms. The van der Waals surface area contributed by atoms with Crippen LogP contribution in [0.15, 0.2) is 58.8 Å². The lowest BCUT2D eigenvalue weighted by Crippen LogP contribution is -2.00. The molecular weight excluding hydrogens is 368 g/mol. The number of hydrogen-bond acceptors (Lipinski definition) is 3. The highest BCUT2D eigenvalue weighted by Gasteiger charge is 2.30. The van der Waals surface area contributed by atoms with Crippen LogP contribution in [0.2, 0.25) is 0 Å². The molecule has 1 aliphatic heterocycles.